The van der Waals surface area contributed by atoms with Crippen LogP contribution in [0.3, 0.4) is 0 Å². The van der Waals surface area contributed by atoms with E-state index in [9.17, 15) is 75.7 Å². The summed E-state index contributed by atoms with van der Waals surface area (Å²) in [6.45, 7) is 2.21. The van der Waals surface area contributed by atoms with Gasteiger partial charge in [0.2, 0.25) is 11.8 Å². The molecule has 18 atom stereocenters. The fourth-order valence-corrected chi connectivity index (χ4v) is 13.5. The fourth-order valence-electron chi connectivity index (χ4n) is 13.5. The van der Waals surface area contributed by atoms with E-state index < -0.39 is 148 Å². The van der Waals surface area contributed by atoms with Crippen LogP contribution in [-0.2, 0) is 42.8 Å². The predicted octanol–water partition coefficient (Wildman–Crippen LogP) is 8.46. The van der Waals surface area contributed by atoms with Crippen molar-refractivity contribution in [1.29, 1.82) is 0 Å². The van der Waals surface area contributed by atoms with Crippen LogP contribution in [0.15, 0.2) is 0 Å². The van der Waals surface area contributed by atoms with E-state index in [0.717, 1.165) is 51.9 Å². The molecule has 3 fully saturated rings. The number of nitrogens with one attached hydrogen (secondary N) is 2. The maximum absolute atomic E-state index is 13.5. The van der Waals surface area contributed by atoms with E-state index in [1.165, 1.54) is 205 Å². The average molecular weight is 1370 g/mol. The van der Waals surface area contributed by atoms with Crippen molar-refractivity contribution in [2.24, 2.45) is 0 Å². The third-order valence-electron chi connectivity index (χ3n) is 19.6. The van der Waals surface area contributed by atoms with Crippen LogP contribution in [-0.4, -0.2) is 215 Å². The van der Waals surface area contributed by atoms with Crippen molar-refractivity contribution in [1.82, 2.24) is 10.6 Å². The topological polar surface area (TPSA) is 373 Å². The Morgan fingerprint density at radius 2 is 0.916 bits per heavy atom. The van der Waals surface area contributed by atoms with Gasteiger partial charge in [0, 0.05) is 19.8 Å². The predicted molar refractivity (Wildman–Crippen MR) is 362 cm³/mol. The summed E-state index contributed by atoms with van der Waals surface area (Å²) in [7, 11) is 0. The molecular formula is C72H136N2O21. The van der Waals surface area contributed by atoms with Crippen LogP contribution in [0.2, 0.25) is 0 Å². The minimum atomic E-state index is -3.08. The number of aliphatic hydroxyl groups is 11. The van der Waals surface area contributed by atoms with Gasteiger partial charge >= 0.3 is 5.97 Å². The Hall–Kier alpha value is -2.27. The second-order valence-corrected chi connectivity index (χ2v) is 27.9. The Morgan fingerprint density at radius 3 is 1.32 bits per heavy atom. The molecule has 0 spiro atoms. The Bertz CT molecular complexity index is 1910. The third kappa shape index (κ3) is 34.3. The quantitative estimate of drug-likeness (QED) is 0.0254. The van der Waals surface area contributed by atoms with Gasteiger partial charge in [-0.25, -0.2) is 4.79 Å². The summed E-state index contributed by atoms with van der Waals surface area (Å²) < 4.78 is 34.8. The van der Waals surface area contributed by atoms with Gasteiger partial charge < -0.3 is 100 Å². The zero-order valence-corrected chi connectivity index (χ0v) is 58.8. The highest BCUT2D eigenvalue weighted by molar-refractivity contribution is 5.77. The van der Waals surface area contributed by atoms with Gasteiger partial charge in [-0.15, -0.1) is 0 Å². The number of amides is 2. The zero-order chi connectivity index (χ0) is 69.6. The number of aliphatic hydroxyl groups excluding tert-OH is 11. The molecule has 23 nitrogen and oxygen atoms in total. The first-order valence-electron chi connectivity index (χ1n) is 37.9. The Labute approximate surface area is 569 Å². The summed E-state index contributed by atoms with van der Waals surface area (Å²) in [6, 6.07) is -2.52. The molecule has 14 N–H and O–H groups in total. The molecule has 2 amide bonds. The molecule has 23 heteroatoms. The van der Waals surface area contributed by atoms with E-state index >= 15 is 0 Å². The first-order chi connectivity index (χ1) is 45.9. The highest BCUT2D eigenvalue weighted by Gasteiger charge is 2.60. The van der Waals surface area contributed by atoms with Gasteiger partial charge in [0.15, 0.2) is 12.6 Å². The van der Waals surface area contributed by atoms with E-state index in [4.69, 9.17) is 28.4 Å². The lowest BCUT2D eigenvalue weighted by Gasteiger charge is -2.50. The Kier molecular flexibility index (Phi) is 48.2. The van der Waals surface area contributed by atoms with Gasteiger partial charge in [-0.05, 0) is 12.8 Å². The van der Waals surface area contributed by atoms with E-state index in [2.05, 4.69) is 24.5 Å². The lowest BCUT2D eigenvalue weighted by atomic mass is 9.88. The molecule has 0 bridgehead atoms. The van der Waals surface area contributed by atoms with Crippen LogP contribution in [0.5, 0.6) is 0 Å². The van der Waals surface area contributed by atoms with Crippen LogP contribution in [0, 0.1) is 0 Å². The summed E-state index contributed by atoms with van der Waals surface area (Å²) in [6.07, 6.45) is 23.0. The van der Waals surface area contributed by atoms with Gasteiger partial charge in [-0.2, -0.15) is 0 Å². The number of carbonyl (C=O) groups excluding carboxylic acids is 2. The molecule has 18 unspecified atom stereocenters. The number of rotatable bonds is 59. The number of hydrogen-bond donors (Lipinski definition) is 14. The van der Waals surface area contributed by atoms with Crippen molar-refractivity contribution in [3.05, 3.63) is 0 Å². The van der Waals surface area contributed by atoms with Crippen molar-refractivity contribution in [3.63, 3.8) is 0 Å². The molecule has 0 aromatic carbocycles. The second kappa shape index (κ2) is 52.7. The molecule has 95 heavy (non-hydrogen) atoms. The SMILES string of the molecule is CCCCCCCCCCCCCCCCCCCCCCCCCCCCCCCCCC(=O)NC(COC1OC(CO)C(OC2OC(CO)C(O)C(OC3(C(=O)O)CC(O)C(NC(C)=O)C(C(O)C(O)CO)O3)C2O)C(O)C1O)C(O)CCCCCCCCCCCC. The summed E-state index contributed by atoms with van der Waals surface area (Å²) in [5, 5.41) is 136. The van der Waals surface area contributed by atoms with Gasteiger partial charge in [0.05, 0.1) is 50.7 Å². The standard InChI is InChI=1S/C72H136N2O21/c1-4-6-8-10-12-14-16-17-18-19-20-21-22-23-24-25-26-27-28-29-30-31-32-33-34-35-36-38-40-42-44-46-59(82)74-53(54(79)45-43-41-39-37-15-13-11-9-7-5-2)51-90-69-64(86)63(85)66(58(50-77)92-69)93-70-65(87)68(62(84)57(49-76)91-70)95-72(71(88)89)47-55(80)60(73-52(3)78)67(94-72)61(83)56(81)48-75/h53-58,60-70,75-77,79-81,83-87H,4-51H2,1-3H3,(H,73,78)(H,74,82)(H,88,89). The molecule has 3 saturated heterocycles. The molecule has 3 aliphatic heterocycles. The first kappa shape index (κ1) is 86.9. The van der Waals surface area contributed by atoms with Gasteiger partial charge in [-0.3, -0.25) is 9.59 Å². The Morgan fingerprint density at radius 1 is 0.505 bits per heavy atom. The van der Waals surface area contributed by atoms with Crippen molar-refractivity contribution in [2.45, 2.75) is 413 Å². The number of aliphatic carboxylic acids is 1. The summed E-state index contributed by atoms with van der Waals surface area (Å²) in [5.41, 5.74) is 0. The number of hydrogen-bond acceptors (Lipinski definition) is 20. The van der Waals surface area contributed by atoms with Crippen molar-refractivity contribution < 1.29 is 104 Å². The van der Waals surface area contributed by atoms with E-state index in [1.54, 1.807) is 0 Å². The highest BCUT2D eigenvalue weighted by Crippen LogP contribution is 2.39. The smallest absolute Gasteiger partial charge is 0.364 e. The minimum absolute atomic E-state index is 0.229. The van der Waals surface area contributed by atoms with Crippen LogP contribution >= 0.6 is 0 Å². The lowest BCUT2D eigenvalue weighted by molar-refractivity contribution is -0.386. The Balaban J connectivity index is 1.44. The van der Waals surface area contributed by atoms with Crippen molar-refractivity contribution >= 4 is 17.8 Å². The van der Waals surface area contributed by atoms with Crippen molar-refractivity contribution in [3.8, 4) is 0 Å². The first-order valence-corrected chi connectivity index (χ1v) is 37.9. The number of carboxylic acids is 1. The third-order valence-corrected chi connectivity index (χ3v) is 19.6. The van der Waals surface area contributed by atoms with Gasteiger partial charge in [-0.1, -0.05) is 271 Å². The molecule has 3 heterocycles. The maximum atomic E-state index is 13.5. The van der Waals surface area contributed by atoms with Gasteiger partial charge in [0.1, 0.15) is 67.1 Å². The molecule has 0 aliphatic carbocycles. The normalized spacial score (nSPS) is 27.7. The van der Waals surface area contributed by atoms with Crippen LogP contribution in [0.1, 0.15) is 303 Å². The summed E-state index contributed by atoms with van der Waals surface area (Å²) in [5.74, 6) is -6.09. The van der Waals surface area contributed by atoms with Crippen LogP contribution < -0.4 is 10.6 Å². The summed E-state index contributed by atoms with van der Waals surface area (Å²) in [4.78, 5) is 38.5. The second-order valence-electron chi connectivity index (χ2n) is 27.9. The summed E-state index contributed by atoms with van der Waals surface area (Å²) >= 11 is 0. The van der Waals surface area contributed by atoms with E-state index in [-0.39, 0.29) is 18.9 Å². The number of ether oxygens (including phenoxy) is 6. The van der Waals surface area contributed by atoms with Gasteiger partial charge in [0.25, 0.3) is 5.79 Å². The fraction of sp³-hybridized carbons (Fsp3) is 0.958. The number of unbranched alkanes of at least 4 members (excludes halogenated alkanes) is 39. The molecule has 560 valence electrons. The largest absolute Gasteiger partial charge is 0.477 e. The number of carboxylic acid groups (broad SMARTS) is 1. The zero-order valence-electron chi connectivity index (χ0n) is 58.8. The highest BCUT2D eigenvalue weighted by atomic mass is 16.8. The van der Waals surface area contributed by atoms with E-state index in [1.807, 2.05) is 0 Å². The maximum Gasteiger partial charge on any atom is 0.364 e. The monoisotopic (exact) mass is 1360 g/mol. The molecule has 3 aliphatic rings. The molecule has 3 rings (SSSR count). The lowest BCUT2D eigenvalue weighted by Crippen LogP contribution is -2.70. The van der Waals surface area contributed by atoms with E-state index in [0.29, 0.717) is 19.3 Å². The molecular weight excluding hydrogens is 1230 g/mol. The van der Waals surface area contributed by atoms with Crippen LogP contribution in [0.25, 0.3) is 0 Å². The number of carbonyl (C=O) groups is 3. The molecule has 0 aromatic heterocycles. The minimum Gasteiger partial charge on any atom is -0.477 e. The molecule has 0 radical (unpaired) electrons. The molecule has 0 saturated carbocycles. The van der Waals surface area contributed by atoms with Crippen LogP contribution in [0.4, 0.5) is 0 Å². The molecule has 0 aromatic rings. The van der Waals surface area contributed by atoms with Crippen molar-refractivity contribution in [2.75, 3.05) is 26.4 Å². The average Bonchev–Trinajstić information content (AvgIpc) is 0.763.